The van der Waals surface area contributed by atoms with E-state index in [2.05, 4.69) is 0 Å². The maximum atomic E-state index is 12.0. The maximum absolute atomic E-state index is 12.0. The Labute approximate surface area is 91.0 Å². The van der Waals surface area contributed by atoms with Gasteiger partial charge < -0.3 is 9.05 Å². The summed E-state index contributed by atoms with van der Waals surface area (Å²) in [6.07, 6.45) is 1.55. The molecule has 0 aromatic heterocycles. The quantitative estimate of drug-likeness (QED) is 0.663. The molecule has 0 unspecified atom stereocenters. The molecule has 3 nitrogen and oxygen atoms in total. The van der Waals surface area contributed by atoms with Crippen LogP contribution in [0.5, 0.6) is 0 Å². The van der Waals surface area contributed by atoms with Crippen molar-refractivity contribution in [3.63, 3.8) is 0 Å². The molecule has 84 valence electrons. The predicted octanol–water partition coefficient (Wildman–Crippen LogP) is 3.78. The van der Waals surface area contributed by atoms with E-state index in [1.807, 2.05) is 27.7 Å². The molecule has 0 heterocycles. The van der Waals surface area contributed by atoms with E-state index in [9.17, 15) is 4.57 Å². The highest BCUT2D eigenvalue weighted by Gasteiger charge is 2.25. The summed E-state index contributed by atoms with van der Waals surface area (Å²) in [5.74, 6) is 0. The Morgan fingerprint density at radius 1 is 1.21 bits per heavy atom. The lowest BCUT2D eigenvalue weighted by molar-refractivity contribution is 0.144. The van der Waals surface area contributed by atoms with Gasteiger partial charge in [0.2, 0.25) is 0 Å². The third-order valence-corrected chi connectivity index (χ3v) is 3.48. The Hall–Kier alpha value is 0.180. The third-order valence-electron chi connectivity index (χ3n) is 1.16. The van der Waals surface area contributed by atoms with E-state index in [1.165, 1.54) is 5.54 Å². The second-order valence-electron chi connectivity index (χ2n) is 3.46. The Balaban J connectivity index is 4.41. The van der Waals surface area contributed by atoms with Crippen LogP contribution in [0.1, 0.15) is 27.7 Å². The molecule has 0 aromatic rings. The van der Waals surface area contributed by atoms with Crippen LogP contribution in [-0.4, -0.2) is 18.4 Å². The highest BCUT2D eigenvalue weighted by atomic mass is 35.5. The van der Waals surface area contributed by atoms with Crippen molar-refractivity contribution in [1.82, 2.24) is 0 Å². The molecule has 0 spiro atoms. The molecule has 0 fully saturated rings. The van der Waals surface area contributed by atoms with E-state index in [0.29, 0.717) is 0 Å². The average Bonchev–Trinajstić information content (AvgIpc) is 1.97. The van der Waals surface area contributed by atoms with Gasteiger partial charge in [-0.1, -0.05) is 17.7 Å². The van der Waals surface area contributed by atoms with Crippen LogP contribution >= 0.6 is 19.2 Å². The highest BCUT2D eigenvalue weighted by molar-refractivity contribution is 7.54. The monoisotopic (exact) mass is 240 g/mol. The topological polar surface area (TPSA) is 35.5 Å². The highest BCUT2D eigenvalue weighted by Crippen LogP contribution is 2.50. The van der Waals surface area contributed by atoms with Crippen LogP contribution in [0.25, 0.3) is 0 Å². The van der Waals surface area contributed by atoms with Crippen LogP contribution in [0.2, 0.25) is 0 Å². The molecule has 0 atom stereocenters. The fourth-order valence-corrected chi connectivity index (χ4v) is 3.01. The third kappa shape index (κ3) is 6.61. The number of allylic oxidation sites excluding steroid dienone is 1. The first-order chi connectivity index (χ1) is 6.39. The van der Waals surface area contributed by atoms with Gasteiger partial charge in [-0.2, -0.15) is 0 Å². The molecule has 14 heavy (non-hydrogen) atoms. The zero-order chi connectivity index (χ0) is 11.2. The van der Waals surface area contributed by atoms with Gasteiger partial charge in [0.25, 0.3) is 0 Å². The van der Waals surface area contributed by atoms with E-state index in [4.69, 9.17) is 20.6 Å². The summed E-state index contributed by atoms with van der Waals surface area (Å²) in [6.45, 7) is 7.28. The fourth-order valence-electron chi connectivity index (χ4n) is 0.922. The molecule has 0 N–H and O–H groups in total. The molecule has 0 aliphatic rings. The van der Waals surface area contributed by atoms with Crippen molar-refractivity contribution in [3.8, 4) is 0 Å². The van der Waals surface area contributed by atoms with Crippen molar-refractivity contribution in [2.24, 2.45) is 0 Å². The molecule has 0 saturated heterocycles. The van der Waals surface area contributed by atoms with Crippen LogP contribution in [0, 0.1) is 0 Å². The Bertz CT molecular complexity index is 212. The van der Waals surface area contributed by atoms with Gasteiger partial charge in [0.1, 0.15) is 0 Å². The summed E-state index contributed by atoms with van der Waals surface area (Å²) in [5.41, 5.74) is 1.32. The summed E-state index contributed by atoms with van der Waals surface area (Å²) in [5, 5.41) is 0. The molecular formula is C9H18ClO3P. The second-order valence-corrected chi connectivity index (χ2v) is 5.72. The Kier molecular flexibility index (Phi) is 6.71. The van der Waals surface area contributed by atoms with Crippen LogP contribution in [0.4, 0.5) is 0 Å². The van der Waals surface area contributed by atoms with Gasteiger partial charge in [-0.05, 0) is 27.7 Å². The summed E-state index contributed by atoms with van der Waals surface area (Å²) in [7, 11) is -3.02. The van der Waals surface area contributed by atoms with E-state index in [1.54, 1.807) is 6.08 Å². The lowest BCUT2D eigenvalue weighted by Crippen LogP contribution is -2.09. The van der Waals surface area contributed by atoms with Crippen molar-refractivity contribution >= 4 is 19.2 Å². The van der Waals surface area contributed by atoms with Gasteiger partial charge in [-0.25, -0.2) is 0 Å². The van der Waals surface area contributed by atoms with E-state index in [0.717, 1.165) is 0 Å². The van der Waals surface area contributed by atoms with Crippen LogP contribution in [0.15, 0.2) is 11.6 Å². The zero-order valence-electron chi connectivity index (χ0n) is 9.07. The number of halogens is 1. The molecule has 0 saturated carbocycles. The molecule has 5 heteroatoms. The largest absolute Gasteiger partial charge is 0.334 e. The van der Waals surface area contributed by atoms with Crippen LogP contribution in [0.3, 0.4) is 0 Å². The summed E-state index contributed by atoms with van der Waals surface area (Å²) < 4.78 is 22.6. The molecule has 0 radical (unpaired) electrons. The zero-order valence-corrected chi connectivity index (χ0v) is 10.7. The minimum absolute atomic E-state index is 0.122. The molecular weight excluding hydrogens is 223 g/mol. The first-order valence-electron chi connectivity index (χ1n) is 4.60. The van der Waals surface area contributed by atoms with Gasteiger partial charge in [-0.15, -0.1) is 0 Å². The van der Waals surface area contributed by atoms with E-state index >= 15 is 0 Å². The van der Waals surface area contributed by atoms with Crippen molar-refractivity contribution < 1.29 is 13.6 Å². The molecule has 0 rings (SSSR count). The normalized spacial score (nSPS) is 13.4. The van der Waals surface area contributed by atoms with Crippen LogP contribution < -0.4 is 0 Å². The molecule has 0 amide bonds. The standard InChI is InChI=1S/C9H18ClO3P/c1-8(2)12-14(11,7-5-6-10)13-9(3)4/h5-6,8-9H,7H2,1-4H3. The lowest BCUT2D eigenvalue weighted by atomic mass is 10.5. The van der Waals surface area contributed by atoms with E-state index in [-0.39, 0.29) is 18.4 Å². The van der Waals surface area contributed by atoms with Gasteiger partial charge in [0.15, 0.2) is 0 Å². The Morgan fingerprint density at radius 3 is 1.93 bits per heavy atom. The summed E-state index contributed by atoms with van der Waals surface area (Å²) in [6, 6.07) is 0. The summed E-state index contributed by atoms with van der Waals surface area (Å²) in [4.78, 5) is 0. The molecule has 0 bridgehead atoms. The second kappa shape index (κ2) is 6.62. The van der Waals surface area contributed by atoms with Crippen molar-refractivity contribution in [2.75, 3.05) is 6.16 Å². The number of hydrogen-bond acceptors (Lipinski definition) is 3. The molecule has 0 aliphatic carbocycles. The van der Waals surface area contributed by atoms with Crippen molar-refractivity contribution in [2.45, 2.75) is 39.9 Å². The molecule has 0 aliphatic heterocycles. The minimum atomic E-state index is -3.02. The number of rotatable bonds is 6. The predicted molar refractivity (Wildman–Crippen MR) is 59.9 cm³/mol. The Morgan fingerprint density at radius 2 is 1.64 bits per heavy atom. The number of hydrogen-bond donors (Lipinski definition) is 0. The average molecular weight is 241 g/mol. The van der Waals surface area contributed by atoms with E-state index < -0.39 is 7.60 Å². The van der Waals surface area contributed by atoms with Gasteiger partial charge >= 0.3 is 7.60 Å². The maximum Gasteiger partial charge on any atom is 0.334 e. The van der Waals surface area contributed by atoms with Crippen LogP contribution in [-0.2, 0) is 13.6 Å². The van der Waals surface area contributed by atoms with Crippen molar-refractivity contribution in [3.05, 3.63) is 11.6 Å². The summed E-state index contributed by atoms with van der Waals surface area (Å²) >= 11 is 5.37. The van der Waals surface area contributed by atoms with Crippen molar-refractivity contribution in [1.29, 1.82) is 0 Å². The van der Waals surface area contributed by atoms with Gasteiger partial charge in [0.05, 0.1) is 18.4 Å². The smallest absolute Gasteiger partial charge is 0.306 e. The lowest BCUT2D eigenvalue weighted by Gasteiger charge is -2.21. The fraction of sp³-hybridized carbons (Fsp3) is 0.778. The first-order valence-corrected chi connectivity index (χ1v) is 6.77. The first kappa shape index (κ1) is 14.2. The molecule has 0 aromatic carbocycles. The van der Waals surface area contributed by atoms with Gasteiger partial charge in [0, 0.05) is 5.54 Å². The van der Waals surface area contributed by atoms with Gasteiger partial charge in [-0.3, -0.25) is 4.57 Å². The SMILES string of the molecule is CC(C)OP(=O)(CC=CCl)OC(C)C. The minimum Gasteiger partial charge on any atom is -0.306 e.